The van der Waals surface area contributed by atoms with Gasteiger partial charge in [-0.15, -0.1) is 0 Å². The number of nitrogens with two attached hydrogens (primary N) is 1. The average Bonchev–Trinajstić information content (AvgIpc) is 3.06. The summed E-state index contributed by atoms with van der Waals surface area (Å²) in [7, 11) is 0. The van der Waals surface area contributed by atoms with Gasteiger partial charge in [0.05, 0.1) is 5.60 Å². The Morgan fingerprint density at radius 1 is 1.50 bits per heavy atom. The normalized spacial score (nSPS) is 19.5. The minimum absolute atomic E-state index is 0.251. The first-order chi connectivity index (χ1) is 7.55. The highest BCUT2D eigenvalue weighted by molar-refractivity contribution is 9.10. The third kappa shape index (κ3) is 2.44. The molecular formula is C12H15BrFNO. The lowest BCUT2D eigenvalue weighted by Gasteiger charge is -2.27. The van der Waals surface area contributed by atoms with E-state index in [1.165, 1.54) is 12.1 Å². The van der Waals surface area contributed by atoms with E-state index in [4.69, 9.17) is 5.73 Å². The summed E-state index contributed by atoms with van der Waals surface area (Å²) in [6.07, 6.45) is 2.55. The zero-order chi connectivity index (χ0) is 11.8. The Balaban J connectivity index is 2.18. The van der Waals surface area contributed by atoms with E-state index in [0.717, 1.165) is 18.4 Å². The molecule has 4 heteroatoms. The van der Waals surface area contributed by atoms with Gasteiger partial charge in [0.25, 0.3) is 0 Å². The predicted octanol–water partition coefficient (Wildman–Crippen LogP) is 2.23. The first-order valence-electron chi connectivity index (χ1n) is 5.41. The van der Waals surface area contributed by atoms with Crippen molar-refractivity contribution in [2.24, 2.45) is 11.7 Å². The van der Waals surface area contributed by atoms with Crippen LogP contribution >= 0.6 is 15.9 Å². The van der Waals surface area contributed by atoms with Crippen molar-refractivity contribution in [3.05, 3.63) is 34.1 Å². The van der Waals surface area contributed by atoms with Gasteiger partial charge in [-0.3, -0.25) is 0 Å². The molecule has 0 saturated heterocycles. The van der Waals surface area contributed by atoms with Crippen molar-refractivity contribution in [3.8, 4) is 0 Å². The summed E-state index contributed by atoms with van der Waals surface area (Å²) in [5.74, 6) is 0.0211. The minimum Gasteiger partial charge on any atom is -0.388 e. The van der Waals surface area contributed by atoms with E-state index in [1.807, 2.05) is 0 Å². The maximum atomic E-state index is 12.9. The lowest BCUT2D eigenvalue weighted by Crippen LogP contribution is -2.42. The molecule has 0 amide bonds. The molecule has 3 N–H and O–H groups in total. The van der Waals surface area contributed by atoms with Crippen LogP contribution in [0.4, 0.5) is 4.39 Å². The van der Waals surface area contributed by atoms with Gasteiger partial charge in [-0.25, -0.2) is 4.39 Å². The molecule has 0 spiro atoms. The number of aliphatic hydroxyl groups is 1. The molecule has 1 saturated carbocycles. The summed E-state index contributed by atoms with van der Waals surface area (Å²) in [6.45, 7) is 0.251. The highest BCUT2D eigenvalue weighted by Gasteiger charge is 2.42. The van der Waals surface area contributed by atoms with Gasteiger partial charge in [-0.2, -0.15) is 0 Å². The molecular weight excluding hydrogens is 273 g/mol. The molecule has 2 nitrogen and oxygen atoms in total. The minimum atomic E-state index is -0.833. The first-order valence-corrected chi connectivity index (χ1v) is 6.21. The average molecular weight is 288 g/mol. The zero-order valence-corrected chi connectivity index (χ0v) is 10.5. The van der Waals surface area contributed by atoms with Crippen LogP contribution < -0.4 is 5.73 Å². The third-order valence-corrected chi connectivity index (χ3v) is 3.94. The lowest BCUT2D eigenvalue weighted by atomic mass is 9.90. The van der Waals surface area contributed by atoms with Crippen LogP contribution in [0.25, 0.3) is 0 Å². The Morgan fingerprint density at radius 2 is 2.19 bits per heavy atom. The van der Waals surface area contributed by atoms with E-state index in [0.29, 0.717) is 16.8 Å². The Kier molecular flexibility index (Phi) is 3.33. The predicted molar refractivity (Wildman–Crippen MR) is 64.5 cm³/mol. The fourth-order valence-corrected chi connectivity index (χ4v) is 2.49. The fourth-order valence-electron chi connectivity index (χ4n) is 2.00. The Labute approximate surface area is 103 Å². The van der Waals surface area contributed by atoms with Crippen molar-refractivity contribution in [3.63, 3.8) is 0 Å². The Bertz CT molecular complexity index is 395. The zero-order valence-electron chi connectivity index (χ0n) is 8.92. The number of halogens is 2. The lowest BCUT2D eigenvalue weighted by molar-refractivity contribution is 0.0265. The molecule has 0 heterocycles. The van der Waals surface area contributed by atoms with Crippen molar-refractivity contribution >= 4 is 15.9 Å². The molecule has 1 aromatic carbocycles. The summed E-state index contributed by atoms with van der Waals surface area (Å²) in [4.78, 5) is 0. The summed E-state index contributed by atoms with van der Waals surface area (Å²) < 4.78 is 13.6. The fraction of sp³-hybridized carbons (Fsp3) is 0.500. The van der Waals surface area contributed by atoms with Crippen molar-refractivity contribution in [1.82, 2.24) is 0 Å². The van der Waals surface area contributed by atoms with Gasteiger partial charge < -0.3 is 10.8 Å². The maximum absolute atomic E-state index is 12.9. The van der Waals surface area contributed by atoms with Crippen LogP contribution in [0.5, 0.6) is 0 Å². The molecule has 1 atom stereocenters. The molecule has 1 fully saturated rings. The molecule has 2 rings (SSSR count). The quantitative estimate of drug-likeness (QED) is 0.892. The first kappa shape index (κ1) is 12.0. The van der Waals surface area contributed by atoms with Crippen LogP contribution in [0.3, 0.4) is 0 Å². The monoisotopic (exact) mass is 287 g/mol. The molecule has 1 aliphatic rings. The summed E-state index contributed by atoms with van der Waals surface area (Å²) in [5.41, 5.74) is 5.71. The highest BCUT2D eigenvalue weighted by Crippen LogP contribution is 2.41. The van der Waals surface area contributed by atoms with Crippen LogP contribution in [0.15, 0.2) is 22.7 Å². The Hall–Kier alpha value is -0.450. The molecule has 16 heavy (non-hydrogen) atoms. The maximum Gasteiger partial charge on any atom is 0.124 e. The summed E-state index contributed by atoms with van der Waals surface area (Å²) >= 11 is 3.31. The van der Waals surface area contributed by atoms with Crippen molar-refractivity contribution in [1.29, 1.82) is 0 Å². The van der Waals surface area contributed by atoms with Gasteiger partial charge in [0, 0.05) is 17.4 Å². The van der Waals surface area contributed by atoms with Crippen LogP contribution in [0, 0.1) is 11.7 Å². The molecule has 0 radical (unpaired) electrons. The number of hydrogen-bond acceptors (Lipinski definition) is 2. The van der Waals surface area contributed by atoms with Gasteiger partial charge in [0.2, 0.25) is 0 Å². The van der Waals surface area contributed by atoms with E-state index in [2.05, 4.69) is 15.9 Å². The van der Waals surface area contributed by atoms with Gasteiger partial charge in [0.1, 0.15) is 5.82 Å². The van der Waals surface area contributed by atoms with Crippen LogP contribution in [0.1, 0.15) is 18.4 Å². The molecule has 1 unspecified atom stereocenters. The van der Waals surface area contributed by atoms with Gasteiger partial charge in [-0.1, -0.05) is 22.0 Å². The van der Waals surface area contributed by atoms with E-state index in [-0.39, 0.29) is 12.4 Å². The second kappa shape index (κ2) is 4.43. The second-order valence-electron chi connectivity index (χ2n) is 4.49. The molecule has 88 valence electrons. The molecule has 0 aliphatic heterocycles. The number of rotatable bonds is 4. The number of benzene rings is 1. The van der Waals surface area contributed by atoms with E-state index >= 15 is 0 Å². The van der Waals surface area contributed by atoms with Crippen LogP contribution in [0.2, 0.25) is 0 Å². The topological polar surface area (TPSA) is 46.2 Å². The highest BCUT2D eigenvalue weighted by atomic mass is 79.9. The molecule has 0 aromatic heterocycles. The molecule has 1 aliphatic carbocycles. The third-order valence-electron chi connectivity index (χ3n) is 3.20. The SMILES string of the molecule is NCC(O)(Cc1ccc(F)cc1Br)C1CC1. The van der Waals surface area contributed by atoms with E-state index < -0.39 is 5.60 Å². The smallest absolute Gasteiger partial charge is 0.124 e. The van der Waals surface area contributed by atoms with Crippen molar-refractivity contribution < 1.29 is 9.50 Å². The van der Waals surface area contributed by atoms with Crippen LogP contribution in [-0.4, -0.2) is 17.3 Å². The largest absolute Gasteiger partial charge is 0.388 e. The van der Waals surface area contributed by atoms with Crippen LogP contribution in [-0.2, 0) is 6.42 Å². The second-order valence-corrected chi connectivity index (χ2v) is 5.35. The van der Waals surface area contributed by atoms with Crippen molar-refractivity contribution in [2.45, 2.75) is 24.9 Å². The van der Waals surface area contributed by atoms with Gasteiger partial charge in [-0.05, 0) is 36.5 Å². The summed E-state index contributed by atoms with van der Waals surface area (Å²) in [6, 6.07) is 4.52. The summed E-state index contributed by atoms with van der Waals surface area (Å²) in [5, 5.41) is 10.4. The number of hydrogen-bond donors (Lipinski definition) is 2. The van der Waals surface area contributed by atoms with Gasteiger partial charge in [0.15, 0.2) is 0 Å². The van der Waals surface area contributed by atoms with E-state index in [1.54, 1.807) is 6.07 Å². The molecule has 0 bridgehead atoms. The van der Waals surface area contributed by atoms with Gasteiger partial charge >= 0.3 is 0 Å². The van der Waals surface area contributed by atoms with E-state index in [9.17, 15) is 9.50 Å². The standard InChI is InChI=1S/C12H15BrFNO/c13-11-5-10(14)4-1-8(11)6-12(16,7-15)9-2-3-9/h1,4-5,9,16H,2-3,6-7,15H2. The molecule has 1 aromatic rings. The van der Waals surface area contributed by atoms with Crippen molar-refractivity contribution in [2.75, 3.05) is 6.54 Å². The Morgan fingerprint density at radius 3 is 2.69 bits per heavy atom.